The van der Waals surface area contributed by atoms with Gasteiger partial charge in [-0.15, -0.1) is 0 Å². The highest BCUT2D eigenvalue weighted by molar-refractivity contribution is 5.95. The van der Waals surface area contributed by atoms with Crippen molar-refractivity contribution < 1.29 is 14.3 Å². The van der Waals surface area contributed by atoms with E-state index in [-0.39, 0.29) is 11.3 Å². The summed E-state index contributed by atoms with van der Waals surface area (Å²) in [4.78, 5) is 12.1. The fourth-order valence-corrected chi connectivity index (χ4v) is 1.91. The summed E-state index contributed by atoms with van der Waals surface area (Å²) in [5.41, 5.74) is 6.29. The predicted octanol–water partition coefficient (Wildman–Crippen LogP) is 2.51. The maximum Gasteiger partial charge on any atom is 0.246 e. The van der Waals surface area contributed by atoms with Gasteiger partial charge in [-0.05, 0) is 17.5 Å². The summed E-state index contributed by atoms with van der Waals surface area (Å²) in [7, 11) is 0. The van der Waals surface area contributed by atoms with Crippen molar-refractivity contribution in [3.63, 3.8) is 0 Å². The Kier molecular flexibility index (Phi) is 3.42. The number of rotatable bonds is 2. The van der Waals surface area contributed by atoms with Gasteiger partial charge in [-0.3, -0.25) is 4.79 Å². The number of benzene rings is 1. The van der Waals surface area contributed by atoms with Crippen molar-refractivity contribution in [1.29, 1.82) is 0 Å². The lowest BCUT2D eigenvalue weighted by molar-refractivity contribution is -0.119. The molecule has 0 saturated carbocycles. The lowest BCUT2D eigenvalue weighted by Crippen LogP contribution is -2.45. The van der Waals surface area contributed by atoms with E-state index in [2.05, 4.69) is 5.32 Å². The first-order valence-corrected chi connectivity index (χ1v) is 6.67. The van der Waals surface area contributed by atoms with E-state index in [1.807, 2.05) is 34.6 Å². The number of amides is 1. The molecule has 20 heavy (non-hydrogen) atoms. The smallest absolute Gasteiger partial charge is 0.246 e. The molecule has 5 nitrogen and oxygen atoms in total. The molecule has 0 radical (unpaired) electrons. The molecule has 0 fully saturated rings. The third kappa shape index (κ3) is 3.04. The van der Waals surface area contributed by atoms with Crippen molar-refractivity contribution in [2.75, 3.05) is 5.32 Å². The zero-order valence-electron chi connectivity index (χ0n) is 12.6. The molecule has 5 heteroatoms. The molecular formula is C15H22N2O3. The van der Waals surface area contributed by atoms with Crippen LogP contribution in [0, 0.1) is 5.41 Å². The fraction of sp³-hybridized carbons (Fsp3) is 0.533. The molecule has 110 valence electrons. The molecule has 1 aliphatic rings. The molecule has 0 aliphatic carbocycles. The summed E-state index contributed by atoms with van der Waals surface area (Å²) >= 11 is 0. The highest BCUT2D eigenvalue weighted by Gasteiger charge is 2.32. The van der Waals surface area contributed by atoms with Crippen molar-refractivity contribution >= 4 is 11.6 Å². The minimum absolute atomic E-state index is 0.212. The van der Waals surface area contributed by atoms with Crippen LogP contribution in [0.1, 0.15) is 34.6 Å². The number of nitrogens with one attached hydrogen (secondary N) is 1. The van der Waals surface area contributed by atoms with E-state index in [9.17, 15) is 4.79 Å². The molecule has 1 heterocycles. The molecule has 0 bridgehead atoms. The molecule has 2 rings (SSSR count). The summed E-state index contributed by atoms with van der Waals surface area (Å²) in [6.07, 6.45) is 0. The second kappa shape index (κ2) is 4.66. The number of anilines is 1. The molecule has 1 amide bonds. The van der Waals surface area contributed by atoms with E-state index in [1.165, 1.54) is 0 Å². The lowest BCUT2D eigenvalue weighted by atomic mass is 9.87. The quantitative estimate of drug-likeness (QED) is 0.871. The van der Waals surface area contributed by atoms with Crippen molar-refractivity contribution in [3.05, 3.63) is 18.2 Å². The highest BCUT2D eigenvalue weighted by atomic mass is 16.7. The van der Waals surface area contributed by atoms with E-state index in [4.69, 9.17) is 15.2 Å². The average Bonchev–Trinajstić information content (AvgIpc) is 2.59. The van der Waals surface area contributed by atoms with E-state index >= 15 is 0 Å². The standard InChI is InChI=1S/C15H22N2O3/c1-14(2,3)12(16)13(18)17-9-6-7-10-11(8-9)20-15(4,5)19-10/h6-8,12H,16H2,1-5H3,(H,17,18). The Bertz CT molecular complexity index is 532. The molecule has 0 spiro atoms. The van der Waals surface area contributed by atoms with Crippen molar-refractivity contribution in [3.8, 4) is 11.5 Å². The van der Waals surface area contributed by atoms with Crippen LogP contribution >= 0.6 is 0 Å². The summed E-state index contributed by atoms with van der Waals surface area (Å²) in [6.45, 7) is 9.46. The van der Waals surface area contributed by atoms with Crippen LogP contribution in [0.3, 0.4) is 0 Å². The van der Waals surface area contributed by atoms with Crippen LogP contribution in [0.5, 0.6) is 11.5 Å². The number of ether oxygens (including phenoxy) is 2. The number of hydrogen-bond acceptors (Lipinski definition) is 4. The Morgan fingerprint density at radius 2 is 1.85 bits per heavy atom. The van der Waals surface area contributed by atoms with Gasteiger partial charge in [-0.25, -0.2) is 0 Å². The Morgan fingerprint density at radius 1 is 1.25 bits per heavy atom. The van der Waals surface area contributed by atoms with Crippen LogP contribution in [-0.4, -0.2) is 17.7 Å². The Hall–Kier alpha value is -1.75. The largest absolute Gasteiger partial charge is 0.449 e. The number of carbonyl (C=O) groups is 1. The number of hydrogen-bond donors (Lipinski definition) is 2. The Balaban J connectivity index is 2.12. The Morgan fingerprint density at radius 3 is 2.45 bits per heavy atom. The molecule has 1 unspecified atom stereocenters. The van der Waals surface area contributed by atoms with Gasteiger partial charge < -0.3 is 20.5 Å². The molecule has 0 saturated heterocycles. The van der Waals surface area contributed by atoms with Crippen LogP contribution < -0.4 is 20.5 Å². The Labute approximate surface area is 119 Å². The number of fused-ring (bicyclic) bond motifs is 1. The SMILES string of the molecule is CC1(C)Oc2ccc(NC(=O)C(N)C(C)(C)C)cc2O1. The first kappa shape index (κ1) is 14.7. The highest BCUT2D eigenvalue weighted by Crippen LogP contribution is 2.40. The van der Waals surface area contributed by atoms with Gasteiger partial charge in [0.05, 0.1) is 6.04 Å². The van der Waals surface area contributed by atoms with Crippen LogP contribution in [-0.2, 0) is 4.79 Å². The van der Waals surface area contributed by atoms with Gasteiger partial charge in [-0.1, -0.05) is 20.8 Å². The molecule has 1 aliphatic heterocycles. The van der Waals surface area contributed by atoms with Crippen molar-refractivity contribution in [2.45, 2.75) is 46.4 Å². The van der Waals surface area contributed by atoms with Crippen molar-refractivity contribution in [2.24, 2.45) is 11.1 Å². The number of carbonyl (C=O) groups excluding carboxylic acids is 1. The minimum Gasteiger partial charge on any atom is -0.449 e. The minimum atomic E-state index is -0.674. The average molecular weight is 278 g/mol. The zero-order chi connectivity index (χ0) is 15.1. The van der Waals surface area contributed by atoms with Gasteiger partial charge in [0.2, 0.25) is 11.7 Å². The molecular weight excluding hydrogens is 256 g/mol. The molecule has 1 aromatic carbocycles. The van der Waals surface area contributed by atoms with Crippen molar-refractivity contribution in [1.82, 2.24) is 0 Å². The second-order valence-electron chi connectivity index (χ2n) is 6.60. The molecule has 3 N–H and O–H groups in total. The lowest BCUT2D eigenvalue weighted by Gasteiger charge is -2.25. The topological polar surface area (TPSA) is 73.6 Å². The monoisotopic (exact) mass is 278 g/mol. The zero-order valence-corrected chi connectivity index (χ0v) is 12.6. The maximum absolute atomic E-state index is 12.1. The third-order valence-electron chi connectivity index (χ3n) is 3.14. The molecule has 0 aromatic heterocycles. The summed E-state index contributed by atoms with van der Waals surface area (Å²) in [5.74, 6) is 0.410. The van der Waals surface area contributed by atoms with E-state index in [0.717, 1.165) is 0 Å². The maximum atomic E-state index is 12.1. The van der Waals surface area contributed by atoms with Gasteiger partial charge in [0.15, 0.2) is 11.5 Å². The van der Waals surface area contributed by atoms with Gasteiger partial charge in [0, 0.05) is 25.6 Å². The summed E-state index contributed by atoms with van der Waals surface area (Å²) in [5, 5.41) is 2.81. The molecule has 1 aromatic rings. The van der Waals surface area contributed by atoms with Crippen LogP contribution in [0.4, 0.5) is 5.69 Å². The van der Waals surface area contributed by atoms with E-state index in [0.29, 0.717) is 17.2 Å². The second-order valence-corrected chi connectivity index (χ2v) is 6.60. The summed E-state index contributed by atoms with van der Waals surface area (Å²) in [6, 6.07) is 4.72. The first-order chi connectivity index (χ1) is 9.08. The van der Waals surface area contributed by atoms with Crippen LogP contribution in [0.15, 0.2) is 18.2 Å². The molecule has 1 atom stereocenters. The van der Waals surface area contributed by atoms with Crippen LogP contribution in [0.25, 0.3) is 0 Å². The predicted molar refractivity (Wildman–Crippen MR) is 77.8 cm³/mol. The van der Waals surface area contributed by atoms with Gasteiger partial charge >= 0.3 is 0 Å². The van der Waals surface area contributed by atoms with Gasteiger partial charge in [-0.2, -0.15) is 0 Å². The fourth-order valence-electron chi connectivity index (χ4n) is 1.91. The number of nitrogens with two attached hydrogens (primary N) is 1. The van der Waals surface area contributed by atoms with Crippen LogP contribution in [0.2, 0.25) is 0 Å². The van der Waals surface area contributed by atoms with Gasteiger partial charge in [0.25, 0.3) is 0 Å². The van der Waals surface area contributed by atoms with E-state index in [1.54, 1.807) is 18.2 Å². The third-order valence-corrected chi connectivity index (χ3v) is 3.14. The van der Waals surface area contributed by atoms with E-state index < -0.39 is 11.8 Å². The normalized spacial score (nSPS) is 17.7. The first-order valence-electron chi connectivity index (χ1n) is 6.67. The van der Waals surface area contributed by atoms with Gasteiger partial charge in [0.1, 0.15) is 0 Å². The summed E-state index contributed by atoms with van der Waals surface area (Å²) < 4.78 is 11.2.